The number of benzene rings is 3. The molecule has 0 amide bonds. The maximum absolute atomic E-state index is 4.96. The lowest BCUT2D eigenvalue weighted by molar-refractivity contribution is 1.06. The number of aryl methyl sites for hydroxylation is 2. The molecular weight excluding hydrogens is 362 g/mol. The number of hydrogen-bond acceptors (Lipinski definition) is 1. The van der Waals surface area contributed by atoms with Gasteiger partial charge in [-0.15, -0.1) is 0 Å². The first-order valence-electron chi connectivity index (χ1n) is 10.4. The van der Waals surface area contributed by atoms with E-state index >= 15 is 0 Å². The summed E-state index contributed by atoms with van der Waals surface area (Å²) in [5.74, 6) is 0. The Morgan fingerprint density at radius 2 is 1.43 bits per heavy atom. The third-order valence-corrected chi connectivity index (χ3v) is 5.42. The van der Waals surface area contributed by atoms with E-state index in [0.29, 0.717) is 6.54 Å². The van der Waals surface area contributed by atoms with E-state index in [-0.39, 0.29) is 0 Å². The Kier molecular flexibility index (Phi) is 5.90. The fourth-order valence-electron chi connectivity index (χ4n) is 3.98. The topological polar surface area (TPSA) is 12.4 Å². The molecule has 1 aliphatic rings. The lowest BCUT2D eigenvalue weighted by Crippen LogP contribution is -2.04. The molecular formula is C29H27N. The van der Waals surface area contributed by atoms with Gasteiger partial charge in [-0.25, -0.2) is 0 Å². The lowest BCUT2D eigenvalue weighted by atomic mass is 9.93. The van der Waals surface area contributed by atoms with Crippen molar-refractivity contribution in [1.82, 2.24) is 0 Å². The molecule has 0 unspecified atom stereocenters. The molecule has 0 saturated heterocycles. The zero-order valence-corrected chi connectivity index (χ0v) is 17.9. The van der Waals surface area contributed by atoms with Crippen LogP contribution in [0.25, 0.3) is 16.7 Å². The highest BCUT2D eigenvalue weighted by molar-refractivity contribution is 6.16. The molecule has 0 spiro atoms. The van der Waals surface area contributed by atoms with E-state index in [9.17, 15) is 0 Å². The van der Waals surface area contributed by atoms with Crippen molar-refractivity contribution < 1.29 is 0 Å². The second-order valence-electron chi connectivity index (χ2n) is 7.90. The minimum absolute atomic E-state index is 0.691. The molecule has 0 aliphatic heterocycles. The van der Waals surface area contributed by atoms with Crippen LogP contribution in [0.4, 0.5) is 0 Å². The van der Waals surface area contributed by atoms with Gasteiger partial charge in [0, 0.05) is 5.57 Å². The van der Waals surface area contributed by atoms with Crippen LogP contribution >= 0.6 is 0 Å². The van der Waals surface area contributed by atoms with Crippen LogP contribution in [-0.2, 0) is 6.54 Å². The predicted octanol–water partition coefficient (Wildman–Crippen LogP) is 7.51. The van der Waals surface area contributed by atoms with Crippen LogP contribution in [0.3, 0.4) is 0 Å². The van der Waals surface area contributed by atoms with Crippen LogP contribution in [0.5, 0.6) is 0 Å². The standard InChI is InChI=1S/C29H27N/c1-21-16-22(2)18-24(17-21)20-30-29-15-8-7-14-28(29)23(3)26-12-9-13-27(19-26)25-10-5-4-6-11-25/h4-19H,20H2,1-3H3/b28-23+,30-29?. The molecule has 3 aromatic rings. The van der Waals surface area contributed by atoms with Gasteiger partial charge in [-0.05, 0) is 60.7 Å². The van der Waals surface area contributed by atoms with Crippen molar-refractivity contribution in [2.75, 3.05) is 0 Å². The Hall–Kier alpha value is -3.45. The number of rotatable bonds is 4. The Morgan fingerprint density at radius 1 is 0.733 bits per heavy atom. The summed E-state index contributed by atoms with van der Waals surface area (Å²) in [6.07, 6.45) is 8.45. The monoisotopic (exact) mass is 389 g/mol. The number of hydrogen-bond donors (Lipinski definition) is 0. The second-order valence-corrected chi connectivity index (χ2v) is 7.90. The van der Waals surface area contributed by atoms with Gasteiger partial charge in [0.25, 0.3) is 0 Å². The molecule has 1 nitrogen and oxygen atoms in total. The molecule has 30 heavy (non-hydrogen) atoms. The number of allylic oxidation sites excluding steroid dienone is 6. The van der Waals surface area contributed by atoms with Gasteiger partial charge in [0.1, 0.15) is 0 Å². The Bertz CT molecular complexity index is 1150. The number of nitrogens with zero attached hydrogens (tertiary/aromatic N) is 1. The van der Waals surface area contributed by atoms with E-state index in [1.807, 2.05) is 0 Å². The van der Waals surface area contributed by atoms with Crippen molar-refractivity contribution in [3.05, 3.63) is 125 Å². The van der Waals surface area contributed by atoms with Crippen molar-refractivity contribution in [2.24, 2.45) is 4.99 Å². The molecule has 0 atom stereocenters. The van der Waals surface area contributed by atoms with Crippen LogP contribution in [0.1, 0.15) is 29.2 Å². The third kappa shape index (κ3) is 4.58. The SMILES string of the molecule is C/C(=C1/C=CC=CC1=NCc1cc(C)cc(C)c1)c1cccc(-c2ccccc2)c1. The quantitative estimate of drug-likeness (QED) is 0.438. The molecule has 1 heteroatoms. The molecule has 1 aliphatic carbocycles. The summed E-state index contributed by atoms with van der Waals surface area (Å²) in [5, 5.41) is 0. The van der Waals surface area contributed by atoms with Crippen LogP contribution in [0.15, 0.2) is 108 Å². The molecule has 0 radical (unpaired) electrons. The van der Waals surface area contributed by atoms with Crippen LogP contribution in [0, 0.1) is 13.8 Å². The van der Waals surface area contributed by atoms with Crippen LogP contribution < -0.4 is 0 Å². The largest absolute Gasteiger partial charge is 0.280 e. The van der Waals surface area contributed by atoms with Gasteiger partial charge in [0.05, 0.1) is 12.3 Å². The van der Waals surface area contributed by atoms with Gasteiger partial charge < -0.3 is 0 Å². The third-order valence-electron chi connectivity index (χ3n) is 5.42. The summed E-state index contributed by atoms with van der Waals surface area (Å²) >= 11 is 0. The van der Waals surface area contributed by atoms with Crippen molar-refractivity contribution in [3.63, 3.8) is 0 Å². The number of aliphatic imine (C=N–C) groups is 1. The summed E-state index contributed by atoms with van der Waals surface area (Å²) in [7, 11) is 0. The second kappa shape index (κ2) is 8.92. The summed E-state index contributed by atoms with van der Waals surface area (Å²) in [4.78, 5) is 4.96. The van der Waals surface area contributed by atoms with Gasteiger partial charge in [0.15, 0.2) is 0 Å². The zero-order chi connectivity index (χ0) is 20.9. The average molecular weight is 390 g/mol. The van der Waals surface area contributed by atoms with E-state index in [4.69, 9.17) is 4.99 Å². The molecule has 0 bridgehead atoms. The van der Waals surface area contributed by atoms with Gasteiger partial charge >= 0.3 is 0 Å². The first kappa shape index (κ1) is 19.8. The molecule has 148 valence electrons. The summed E-state index contributed by atoms with van der Waals surface area (Å²) < 4.78 is 0. The Morgan fingerprint density at radius 3 is 2.20 bits per heavy atom. The first-order chi connectivity index (χ1) is 14.6. The van der Waals surface area contributed by atoms with Crippen molar-refractivity contribution in [3.8, 4) is 11.1 Å². The fraction of sp³-hybridized carbons (Fsp3) is 0.138. The molecule has 0 heterocycles. The highest BCUT2D eigenvalue weighted by atomic mass is 14.7. The van der Waals surface area contributed by atoms with Crippen LogP contribution in [0.2, 0.25) is 0 Å². The van der Waals surface area contributed by atoms with Crippen molar-refractivity contribution in [1.29, 1.82) is 0 Å². The van der Waals surface area contributed by atoms with Gasteiger partial charge in [-0.1, -0.05) is 96.1 Å². The molecule has 0 N–H and O–H groups in total. The molecule has 0 fully saturated rings. The van der Waals surface area contributed by atoms with E-state index in [2.05, 4.69) is 118 Å². The first-order valence-corrected chi connectivity index (χ1v) is 10.4. The fourth-order valence-corrected chi connectivity index (χ4v) is 3.98. The van der Waals surface area contributed by atoms with Crippen molar-refractivity contribution >= 4 is 11.3 Å². The molecule has 0 saturated carbocycles. The minimum Gasteiger partial charge on any atom is -0.280 e. The minimum atomic E-state index is 0.691. The van der Waals surface area contributed by atoms with Gasteiger partial charge in [-0.3, -0.25) is 4.99 Å². The smallest absolute Gasteiger partial charge is 0.0653 e. The molecule has 4 rings (SSSR count). The normalized spacial score (nSPS) is 16.2. The highest BCUT2D eigenvalue weighted by Gasteiger charge is 2.11. The Labute approximate surface area is 179 Å². The molecule has 3 aromatic carbocycles. The van der Waals surface area contributed by atoms with E-state index in [1.54, 1.807) is 0 Å². The molecule has 0 aromatic heterocycles. The average Bonchev–Trinajstić information content (AvgIpc) is 2.77. The summed E-state index contributed by atoms with van der Waals surface area (Å²) in [5.41, 5.74) is 11.0. The zero-order valence-electron chi connectivity index (χ0n) is 17.9. The van der Waals surface area contributed by atoms with Gasteiger partial charge in [-0.2, -0.15) is 0 Å². The summed E-state index contributed by atoms with van der Waals surface area (Å²) in [6, 6.07) is 25.9. The van der Waals surface area contributed by atoms with Gasteiger partial charge in [0.2, 0.25) is 0 Å². The highest BCUT2D eigenvalue weighted by Crippen LogP contribution is 2.27. The van der Waals surface area contributed by atoms with E-state index in [0.717, 1.165) is 5.71 Å². The maximum Gasteiger partial charge on any atom is 0.0653 e. The van der Waals surface area contributed by atoms with E-state index in [1.165, 1.54) is 44.5 Å². The Balaban J connectivity index is 1.68. The summed E-state index contributed by atoms with van der Waals surface area (Å²) in [6.45, 7) is 7.16. The van der Waals surface area contributed by atoms with E-state index < -0.39 is 0 Å². The predicted molar refractivity (Wildman–Crippen MR) is 130 cm³/mol. The lowest BCUT2D eigenvalue weighted by Gasteiger charge is -2.14. The van der Waals surface area contributed by atoms with Crippen LogP contribution in [-0.4, -0.2) is 5.71 Å². The maximum atomic E-state index is 4.96. The van der Waals surface area contributed by atoms with Crippen molar-refractivity contribution in [2.45, 2.75) is 27.3 Å².